The number of aromatic nitrogens is 2. The number of benzene rings is 1. The number of hydrogen-bond acceptors (Lipinski definition) is 3. The van der Waals surface area contributed by atoms with Gasteiger partial charge in [0.15, 0.2) is 0 Å². The fourth-order valence-electron chi connectivity index (χ4n) is 2.01. The molecule has 0 aliphatic heterocycles. The van der Waals surface area contributed by atoms with E-state index in [4.69, 9.17) is 0 Å². The lowest BCUT2D eigenvalue weighted by atomic mass is 10.1. The van der Waals surface area contributed by atoms with E-state index in [0.29, 0.717) is 0 Å². The van der Waals surface area contributed by atoms with Crippen LogP contribution in [0.25, 0.3) is 0 Å². The Bertz CT molecular complexity index is 555. The van der Waals surface area contributed by atoms with Crippen LogP contribution in [-0.2, 0) is 13.1 Å². The lowest BCUT2D eigenvalue weighted by molar-refractivity contribution is 0.423. The number of hydrogen-bond donors (Lipinski definition) is 1. The van der Waals surface area contributed by atoms with Crippen LogP contribution >= 0.6 is 11.8 Å². The van der Waals surface area contributed by atoms with E-state index >= 15 is 0 Å². The highest BCUT2D eigenvalue weighted by atomic mass is 32.2. The molecule has 0 radical (unpaired) electrons. The largest absolute Gasteiger partial charge is 0.308 e. The molecule has 0 unspecified atom stereocenters. The minimum absolute atomic E-state index is 0.137. The van der Waals surface area contributed by atoms with Crippen molar-refractivity contribution in [2.24, 2.45) is 0 Å². The normalized spacial score (nSPS) is 11.8. The smallest absolute Gasteiger partial charge is 0.0537 e. The molecule has 1 aromatic heterocycles. The summed E-state index contributed by atoms with van der Waals surface area (Å²) in [5.74, 6) is 1.04. The topological polar surface area (TPSA) is 29.9 Å². The molecule has 1 heterocycles. The fraction of sp³-hybridized carbons (Fsp3) is 0.471. The second-order valence-corrected chi connectivity index (χ2v) is 7.41. The molecule has 0 aliphatic carbocycles. The van der Waals surface area contributed by atoms with Crippen LogP contribution in [0.5, 0.6) is 0 Å². The zero-order valence-electron chi connectivity index (χ0n) is 13.4. The Labute approximate surface area is 132 Å². The van der Waals surface area contributed by atoms with Gasteiger partial charge in [-0.25, -0.2) is 0 Å². The summed E-state index contributed by atoms with van der Waals surface area (Å²) in [5, 5.41) is 8.03. The highest BCUT2D eigenvalue weighted by Crippen LogP contribution is 2.18. The van der Waals surface area contributed by atoms with Crippen molar-refractivity contribution in [2.45, 2.75) is 51.2 Å². The molecule has 0 saturated heterocycles. The zero-order chi connectivity index (χ0) is 15.3. The summed E-state index contributed by atoms with van der Waals surface area (Å²) in [6.07, 6.45) is 1.99. The number of thioether (sulfide) groups is 1. The first kappa shape index (κ1) is 16.1. The standard InChI is InChI=1S/C17H25N3S/c1-14-15(12-18-17(2,3)4)13-19-20(14)10-11-21-16-8-6-5-7-9-16/h5-9,13,18H,10-12H2,1-4H3. The Morgan fingerprint density at radius 2 is 1.90 bits per heavy atom. The van der Waals surface area contributed by atoms with Crippen molar-refractivity contribution in [3.8, 4) is 0 Å². The van der Waals surface area contributed by atoms with Crippen LogP contribution in [0.3, 0.4) is 0 Å². The van der Waals surface area contributed by atoms with E-state index in [1.807, 2.05) is 18.0 Å². The summed E-state index contributed by atoms with van der Waals surface area (Å²) >= 11 is 1.87. The first-order valence-corrected chi connectivity index (χ1v) is 8.38. The van der Waals surface area contributed by atoms with Gasteiger partial charge in [-0.1, -0.05) is 18.2 Å². The Morgan fingerprint density at radius 1 is 1.19 bits per heavy atom. The second-order valence-electron chi connectivity index (χ2n) is 6.24. The first-order chi connectivity index (χ1) is 9.96. The molecule has 1 N–H and O–H groups in total. The predicted molar refractivity (Wildman–Crippen MR) is 90.7 cm³/mol. The Hall–Kier alpha value is -1.26. The van der Waals surface area contributed by atoms with Gasteiger partial charge in [-0.3, -0.25) is 4.68 Å². The third kappa shape index (κ3) is 5.21. The number of nitrogens with zero attached hydrogens (tertiary/aromatic N) is 2. The lowest BCUT2D eigenvalue weighted by Gasteiger charge is -2.20. The second kappa shape index (κ2) is 7.14. The monoisotopic (exact) mass is 303 g/mol. The minimum Gasteiger partial charge on any atom is -0.308 e. The molecule has 0 aliphatic rings. The van der Waals surface area contributed by atoms with E-state index in [-0.39, 0.29) is 5.54 Å². The Morgan fingerprint density at radius 3 is 2.57 bits per heavy atom. The molecule has 0 saturated carbocycles. The van der Waals surface area contributed by atoms with E-state index in [1.54, 1.807) is 0 Å². The number of aryl methyl sites for hydroxylation is 1. The molecule has 114 valence electrons. The summed E-state index contributed by atoms with van der Waals surface area (Å²) < 4.78 is 2.11. The van der Waals surface area contributed by atoms with Crippen molar-refractivity contribution in [3.05, 3.63) is 47.8 Å². The SMILES string of the molecule is Cc1c(CNC(C)(C)C)cnn1CCSc1ccccc1. The van der Waals surface area contributed by atoms with Gasteiger partial charge in [0.2, 0.25) is 0 Å². The Balaban J connectivity index is 1.85. The van der Waals surface area contributed by atoms with Crippen molar-refractivity contribution in [1.29, 1.82) is 0 Å². The molecule has 0 atom stereocenters. The lowest BCUT2D eigenvalue weighted by Crippen LogP contribution is -2.35. The van der Waals surface area contributed by atoms with Crippen molar-refractivity contribution in [1.82, 2.24) is 15.1 Å². The summed E-state index contributed by atoms with van der Waals surface area (Å²) in [6, 6.07) is 10.5. The molecule has 3 nitrogen and oxygen atoms in total. The van der Waals surface area contributed by atoms with Gasteiger partial charge >= 0.3 is 0 Å². The molecule has 4 heteroatoms. The number of nitrogens with one attached hydrogen (secondary N) is 1. The molecule has 2 rings (SSSR count). The molecule has 0 spiro atoms. The third-order valence-electron chi connectivity index (χ3n) is 3.33. The van der Waals surface area contributed by atoms with Crippen LogP contribution in [0.1, 0.15) is 32.0 Å². The van der Waals surface area contributed by atoms with Crippen LogP contribution in [0.4, 0.5) is 0 Å². The van der Waals surface area contributed by atoms with Crippen LogP contribution in [0.2, 0.25) is 0 Å². The van der Waals surface area contributed by atoms with Gasteiger partial charge < -0.3 is 5.32 Å². The van der Waals surface area contributed by atoms with E-state index in [0.717, 1.165) is 18.8 Å². The van der Waals surface area contributed by atoms with E-state index < -0.39 is 0 Å². The molecule has 0 bridgehead atoms. The highest BCUT2D eigenvalue weighted by Gasteiger charge is 2.11. The molecule has 0 amide bonds. The third-order valence-corrected chi connectivity index (χ3v) is 4.32. The van der Waals surface area contributed by atoms with Gasteiger partial charge in [0.25, 0.3) is 0 Å². The average molecular weight is 303 g/mol. The molecular formula is C17H25N3S. The van der Waals surface area contributed by atoms with Gasteiger partial charge in [0.1, 0.15) is 0 Å². The quantitative estimate of drug-likeness (QED) is 0.822. The van der Waals surface area contributed by atoms with Crippen LogP contribution < -0.4 is 5.32 Å². The van der Waals surface area contributed by atoms with Crippen molar-refractivity contribution < 1.29 is 0 Å². The van der Waals surface area contributed by atoms with Crippen LogP contribution in [0.15, 0.2) is 41.4 Å². The van der Waals surface area contributed by atoms with Gasteiger partial charge in [-0.15, -0.1) is 11.8 Å². The van der Waals surface area contributed by atoms with Crippen molar-refractivity contribution in [2.75, 3.05) is 5.75 Å². The van der Waals surface area contributed by atoms with Gasteiger partial charge in [0, 0.05) is 34.0 Å². The summed E-state index contributed by atoms with van der Waals surface area (Å²) in [4.78, 5) is 1.32. The highest BCUT2D eigenvalue weighted by molar-refractivity contribution is 7.99. The van der Waals surface area contributed by atoms with Gasteiger partial charge in [-0.05, 0) is 39.8 Å². The summed E-state index contributed by atoms with van der Waals surface area (Å²) in [5.41, 5.74) is 2.69. The number of rotatable bonds is 6. The summed E-state index contributed by atoms with van der Waals surface area (Å²) in [6.45, 7) is 10.5. The van der Waals surface area contributed by atoms with Crippen molar-refractivity contribution >= 4 is 11.8 Å². The predicted octanol–water partition coefficient (Wildman–Crippen LogP) is 3.87. The maximum atomic E-state index is 4.51. The summed E-state index contributed by atoms with van der Waals surface area (Å²) in [7, 11) is 0. The zero-order valence-corrected chi connectivity index (χ0v) is 14.2. The molecule has 2 aromatic rings. The molecule has 21 heavy (non-hydrogen) atoms. The minimum atomic E-state index is 0.137. The van der Waals surface area contributed by atoms with Crippen molar-refractivity contribution in [3.63, 3.8) is 0 Å². The Kier molecular flexibility index (Phi) is 5.48. The van der Waals surface area contributed by atoms with Gasteiger partial charge in [-0.2, -0.15) is 5.10 Å². The van der Waals surface area contributed by atoms with Crippen LogP contribution in [0, 0.1) is 6.92 Å². The maximum Gasteiger partial charge on any atom is 0.0537 e. The van der Waals surface area contributed by atoms with E-state index in [9.17, 15) is 0 Å². The molecule has 1 aromatic carbocycles. The van der Waals surface area contributed by atoms with E-state index in [2.05, 4.69) is 73.1 Å². The maximum absolute atomic E-state index is 4.51. The van der Waals surface area contributed by atoms with E-state index in [1.165, 1.54) is 16.2 Å². The first-order valence-electron chi connectivity index (χ1n) is 7.40. The molecular weight excluding hydrogens is 278 g/mol. The van der Waals surface area contributed by atoms with Crippen LogP contribution in [-0.4, -0.2) is 21.1 Å². The van der Waals surface area contributed by atoms with Gasteiger partial charge in [0.05, 0.1) is 12.7 Å². The fourth-order valence-corrected chi connectivity index (χ4v) is 2.86. The average Bonchev–Trinajstić information content (AvgIpc) is 2.78. The molecule has 0 fully saturated rings.